The minimum atomic E-state index is 0. The molecule has 4 heteroatoms. The zero-order valence-electron chi connectivity index (χ0n) is 7.04. The second kappa shape index (κ2) is 10.1. The summed E-state index contributed by atoms with van der Waals surface area (Å²) in [6, 6.07) is 0. The third-order valence-corrected chi connectivity index (χ3v) is 1.79. The van der Waals surface area contributed by atoms with E-state index >= 15 is 0 Å². The molecule has 0 atom stereocenters. The Kier molecular flexibility index (Phi) is 12.5. The highest BCUT2D eigenvalue weighted by Crippen LogP contribution is 2.01. The average Bonchev–Trinajstić information content (AvgIpc) is 1.87. The highest BCUT2D eigenvalue weighted by molar-refractivity contribution is 8.03. The van der Waals surface area contributed by atoms with E-state index < -0.39 is 0 Å². The van der Waals surface area contributed by atoms with Gasteiger partial charge >= 0.3 is 0 Å². The van der Waals surface area contributed by atoms with Crippen molar-refractivity contribution in [3.8, 4) is 5.40 Å². The topological polar surface area (TPSA) is 27.0 Å². The van der Waals surface area contributed by atoms with Gasteiger partial charge in [-0.2, -0.15) is 5.26 Å². The van der Waals surface area contributed by atoms with Crippen LogP contribution in [0.3, 0.4) is 0 Å². The monoisotopic (exact) mass is 194 g/mol. The van der Waals surface area contributed by atoms with E-state index in [1.165, 1.54) is 18.2 Å². The minimum Gasteiger partial charge on any atom is -0.309 e. The Morgan fingerprint density at radius 2 is 2.00 bits per heavy atom. The Morgan fingerprint density at radius 1 is 1.36 bits per heavy atom. The molecule has 0 aliphatic rings. The molecule has 2 nitrogen and oxygen atoms in total. The number of nitriles is 1. The predicted octanol–water partition coefficient (Wildman–Crippen LogP) is 1.96. The number of thiocyanates is 1. The van der Waals surface area contributed by atoms with Gasteiger partial charge in [-0.05, 0) is 45.2 Å². The molecule has 66 valence electrons. The lowest BCUT2D eigenvalue weighted by Gasteiger charge is -2.07. The predicted molar refractivity (Wildman–Crippen MR) is 53.1 cm³/mol. The number of hydrogen-bond acceptors (Lipinski definition) is 3. The van der Waals surface area contributed by atoms with Crippen molar-refractivity contribution >= 4 is 24.2 Å². The molecule has 0 aliphatic carbocycles. The van der Waals surface area contributed by atoms with E-state index in [2.05, 4.69) is 24.4 Å². The van der Waals surface area contributed by atoms with E-state index in [0.717, 1.165) is 18.7 Å². The molecule has 0 fully saturated rings. The summed E-state index contributed by atoms with van der Waals surface area (Å²) in [5, 5.41) is 10.2. The van der Waals surface area contributed by atoms with E-state index in [1.54, 1.807) is 0 Å². The van der Waals surface area contributed by atoms with Crippen LogP contribution in [0.25, 0.3) is 0 Å². The highest BCUT2D eigenvalue weighted by Gasteiger charge is 1.90. The van der Waals surface area contributed by atoms with Gasteiger partial charge in [-0.1, -0.05) is 0 Å². The maximum Gasteiger partial charge on any atom is 0.133 e. The Labute approximate surface area is 79.4 Å². The van der Waals surface area contributed by atoms with Crippen molar-refractivity contribution in [2.75, 3.05) is 26.4 Å². The fraction of sp³-hybridized carbons (Fsp3) is 0.857. The molecule has 0 saturated carbocycles. The fourth-order valence-electron chi connectivity index (χ4n) is 0.648. The van der Waals surface area contributed by atoms with Crippen LogP contribution >= 0.6 is 24.2 Å². The molecular weight excluding hydrogens is 180 g/mol. The molecule has 11 heavy (non-hydrogen) atoms. The van der Waals surface area contributed by atoms with Gasteiger partial charge in [-0.3, -0.25) is 0 Å². The van der Waals surface area contributed by atoms with Crippen molar-refractivity contribution in [2.24, 2.45) is 0 Å². The number of unbranched alkanes of at least 4 members (excludes halogenated alkanes) is 1. The standard InChI is InChI=1S/C7H14N2S.ClH/c1-9(2)5-3-4-6-10-7-8;/h3-6H2,1-2H3;1H. The lowest BCUT2D eigenvalue weighted by atomic mass is 10.3. The van der Waals surface area contributed by atoms with Gasteiger partial charge in [0.15, 0.2) is 0 Å². The molecule has 0 aromatic heterocycles. The van der Waals surface area contributed by atoms with Crippen LogP contribution in [0.5, 0.6) is 0 Å². The molecule has 0 radical (unpaired) electrons. The van der Waals surface area contributed by atoms with Crippen LogP contribution in [-0.4, -0.2) is 31.3 Å². The van der Waals surface area contributed by atoms with E-state index in [4.69, 9.17) is 5.26 Å². The second-order valence-corrected chi connectivity index (χ2v) is 3.33. The first-order valence-electron chi connectivity index (χ1n) is 3.43. The first kappa shape index (κ1) is 13.7. The summed E-state index contributed by atoms with van der Waals surface area (Å²) in [6.07, 6.45) is 2.35. The summed E-state index contributed by atoms with van der Waals surface area (Å²) in [6.45, 7) is 1.13. The molecule has 0 saturated heterocycles. The number of thioether (sulfide) groups is 1. The summed E-state index contributed by atoms with van der Waals surface area (Å²) in [5.41, 5.74) is 0. The van der Waals surface area contributed by atoms with Crippen molar-refractivity contribution in [1.29, 1.82) is 5.26 Å². The number of nitrogens with zero attached hydrogens (tertiary/aromatic N) is 2. The van der Waals surface area contributed by atoms with Crippen LogP contribution in [0.4, 0.5) is 0 Å². The number of rotatable bonds is 5. The minimum absolute atomic E-state index is 0. The van der Waals surface area contributed by atoms with Crippen molar-refractivity contribution in [2.45, 2.75) is 12.8 Å². The van der Waals surface area contributed by atoms with Crippen LogP contribution in [0.1, 0.15) is 12.8 Å². The molecular formula is C7H15ClN2S. The molecule has 0 aliphatic heterocycles. The van der Waals surface area contributed by atoms with Crippen molar-refractivity contribution in [1.82, 2.24) is 4.90 Å². The molecule has 0 spiro atoms. The van der Waals surface area contributed by atoms with E-state index in [1.807, 2.05) is 0 Å². The Hall–Kier alpha value is 0.0900. The summed E-state index contributed by atoms with van der Waals surface area (Å²) in [4.78, 5) is 2.16. The lowest BCUT2D eigenvalue weighted by Crippen LogP contribution is -2.12. The molecule has 0 rings (SSSR count). The van der Waals surface area contributed by atoms with Crippen LogP contribution in [0, 0.1) is 10.7 Å². The number of halogens is 1. The average molecular weight is 195 g/mol. The second-order valence-electron chi connectivity index (χ2n) is 2.45. The molecule has 0 aromatic carbocycles. The van der Waals surface area contributed by atoms with Crippen molar-refractivity contribution < 1.29 is 0 Å². The van der Waals surface area contributed by atoms with Gasteiger partial charge < -0.3 is 4.90 Å². The third-order valence-electron chi connectivity index (χ3n) is 1.17. The Bertz CT molecular complexity index is 111. The van der Waals surface area contributed by atoms with E-state index in [9.17, 15) is 0 Å². The molecule has 0 heterocycles. The van der Waals surface area contributed by atoms with E-state index in [0.29, 0.717) is 0 Å². The molecule has 0 bridgehead atoms. The molecule has 0 unspecified atom stereocenters. The maximum absolute atomic E-state index is 8.18. The highest BCUT2D eigenvalue weighted by atomic mass is 35.5. The normalized spacial score (nSPS) is 8.91. The van der Waals surface area contributed by atoms with Gasteiger partial charge in [-0.15, -0.1) is 12.4 Å². The van der Waals surface area contributed by atoms with Gasteiger partial charge in [-0.25, -0.2) is 0 Å². The van der Waals surface area contributed by atoms with Gasteiger partial charge in [0.1, 0.15) is 5.40 Å². The van der Waals surface area contributed by atoms with E-state index in [-0.39, 0.29) is 12.4 Å². The zero-order valence-corrected chi connectivity index (χ0v) is 8.67. The summed E-state index contributed by atoms with van der Waals surface area (Å²) in [5.74, 6) is 0.977. The summed E-state index contributed by atoms with van der Waals surface area (Å²) in [7, 11) is 4.13. The smallest absolute Gasteiger partial charge is 0.133 e. The third kappa shape index (κ3) is 13.1. The maximum atomic E-state index is 8.18. The SMILES string of the molecule is CN(C)CCCCSC#N.Cl. The fourth-order valence-corrected chi connectivity index (χ4v) is 1.09. The lowest BCUT2D eigenvalue weighted by molar-refractivity contribution is 0.399. The van der Waals surface area contributed by atoms with Crippen LogP contribution < -0.4 is 0 Å². The Balaban J connectivity index is 0. The summed E-state index contributed by atoms with van der Waals surface area (Å²) >= 11 is 1.35. The van der Waals surface area contributed by atoms with Gasteiger partial charge in [0.2, 0.25) is 0 Å². The zero-order chi connectivity index (χ0) is 7.82. The van der Waals surface area contributed by atoms with Crippen LogP contribution in [-0.2, 0) is 0 Å². The van der Waals surface area contributed by atoms with Gasteiger partial charge in [0.05, 0.1) is 0 Å². The van der Waals surface area contributed by atoms with Gasteiger partial charge in [0, 0.05) is 5.75 Å². The molecule has 0 aromatic rings. The quantitative estimate of drug-likeness (QED) is 0.495. The first-order valence-corrected chi connectivity index (χ1v) is 4.41. The van der Waals surface area contributed by atoms with Crippen molar-refractivity contribution in [3.63, 3.8) is 0 Å². The number of hydrogen-bond donors (Lipinski definition) is 0. The van der Waals surface area contributed by atoms with Crippen molar-refractivity contribution in [3.05, 3.63) is 0 Å². The van der Waals surface area contributed by atoms with Crippen LogP contribution in [0.15, 0.2) is 0 Å². The largest absolute Gasteiger partial charge is 0.309 e. The first-order chi connectivity index (χ1) is 4.77. The van der Waals surface area contributed by atoms with Crippen LogP contribution in [0.2, 0.25) is 0 Å². The summed E-state index contributed by atoms with van der Waals surface area (Å²) < 4.78 is 0. The van der Waals surface area contributed by atoms with Gasteiger partial charge in [0.25, 0.3) is 0 Å². The molecule has 0 amide bonds. The Morgan fingerprint density at radius 3 is 2.45 bits per heavy atom. The molecule has 0 N–H and O–H groups in total.